The Hall–Kier alpha value is -5.93. The van der Waals surface area contributed by atoms with Gasteiger partial charge in [0.05, 0.1) is 42.7 Å². The minimum atomic E-state index is -1.42. The van der Waals surface area contributed by atoms with E-state index < -0.39 is 108 Å². The second-order valence-electron chi connectivity index (χ2n) is 30.3. The summed E-state index contributed by atoms with van der Waals surface area (Å²) < 4.78 is 12.3. The highest BCUT2D eigenvalue weighted by atomic mass is 16.5. The van der Waals surface area contributed by atoms with Crippen molar-refractivity contribution >= 4 is 64.7 Å². The molecule has 21 heteroatoms. The van der Waals surface area contributed by atoms with Gasteiger partial charge in [-0.05, 0) is 111 Å². The van der Waals surface area contributed by atoms with Crippen molar-refractivity contribution in [1.82, 2.24) is 30.2 Å². The maximum absolute atomic E-state index is 14.9. The molecular weight excluding hydrogens is 1200 g/mol. The van der Waals surface area contributed by atoms with Crippen LogP contribution in [0, 0.1) is 64.1 Å². The fourth-order valence-electron chi connectivity index (χ4n) is 14.2. The van der Waals surface area contributed by atoms with Crippen molar-refractivity contribution < 1.29 is 72.4 Å². The number of benzene rings is 1. The van der Waals surface area contributed by atoms with Crippen LogP contribution in [-0.2, 0) is 68.6 Å². The van der Waals surface area contributed by atoms with Crippen molar-refractivity contribution in [2.75, 3.05) is 54.5 Å². The van der Waals surface area contributed by atoms with E-state index in [2.05, 4.69) is 57.1 Å². The Morgan fingerprint density at radius 3 is 1.94 bits per heavy atom. The molecule has 532 valence electrons. The average Bonchev–Trinajstić information content (AvgIpc) is 1.67. The molecule has 4 N–H and O–H groups in total. The highest BCUT2D eigenvalue weighted by Gasteiger charge is 2.46. The molecule has 2 unspecified atom stereocenters. The highest BCUT2D eigenvalue weighted by molar-refractivity contribution is 6.04. The van der Waals surface area contributed by atoms with Gasteiger partial charge in [0, 0.05) is 103 Å². The first-order valence-electron chi connectivity index (χ1n) is 34.7. The van der Waals surface area contributed by atoms with Crippen molar-refractivity contribution in [2.45, 2.75) is 242 Å². The Morgan fingerprint density at radius 1 is 0.755 bits per heavy atom. The van der Waals surface area contributed by atoms with Gasteiger partial charge in [-0.2, -0.15) is 0 Å². The fourth-order valence-corrected chi connectivity index (χ4v) is 14.2. The number of Topliss-reactive ketones (excluding diaryl/α,β-unsaturated/α-hetero) is 3. The number of carbonyl (C=O) groups excluding carboxylic acids is 9. The van der Waals surface area contributed by atoms with Crippen molar-refractivity contribution in [1.29, 1.82) is 0 Å². The van der Waals surface area contributed by atoms with Crippen molar-refractivity contribution in [3.8, 4) is 0 Å². The molecule has 6 amide bonds. The van der Waals surface area contributed by atoms with E-state index in [0.717, 1.165) is 29.8 Å². The zero-order valence-corrected chi connectivity index (χ0v) is 60.4. The van der Waals surface area contributed by atoms with Gasteiger partial charge >= 0.3 is 11.9 Å². The number of rotatable bonds is 43. The predicted molar refractivity (Wildman–Crippen MR) is 362 cm³/mol. The van der Waals surface area contributed by atoms with Gasteiger partial charge in [0.15, 0.2) is 5.78 Å². The molecule has 0 radical (unpaired) electrons. The zero-order valence-electron chi connectivity index (χ0n) is 60.4. The standard InChI is InChI=1S/C73H120N6O15/c1-19-48(7)66(77(16)69(89)53(45(2)3)41-59(82)65(46(4)5)76(15)36-32-47(6)44-72(9,10)11)60(93-17)43-63(85)78-35-25-29-56(78)67(94-18)49(8)57(80)40-52(38-50-26-21-20-22-27-50)58(81)39-51(30-31-64(86)87)68(88)75-55(71(91)92)28-23-24-34-74-61(83)33-37-79-62(84)42-54(70(79)90)73(12,13)14/h20-22,26-27,45-49,51-56,60,65-67H,19,23-25,28-44H2,1-18H3,(H,74,83)(H,75,88)(H,86,87)(H,91,92)/t47?,48-,49-,51+,52+,53-,54?,55-,56-,60+,65-,66-,67+/m0/s1. The highest BCUT2D eigenvalue weighted by Crippen LogP contribution is 2.37. The molecule has 0 spiro atoms. The number of carboxylic acids is 2. The number of hydrogen-bond acceptors (Lipinski definition) is 14. The van der Waals surface area contributed by atoms with Crippen LogP contribution in [0.25, 0.3) is 0 Å². The number of unbranched alkanes of at least 4 members (excludes halogenated alkanes) is 1. The predicted octanol–water partition coefficient (Wildman–Crippen LogP) is 9.48. The lowest BCUT2D eigenvalue weighted by Crippen LogP contribution is -2.54. The molecule has 0 aromatic heterocycles. The maximum atomic E-state index is 14.9. The lowest BCUT2D eigenvalue weighted by molar-refractivity contribution is -0.149. The number of methoxy groups -OCH3 is 2. The van der Waals surface area contributed by atoms with Gasteiger partial charge in [-0.3, -0.25) is 57.7 Å². The minimum absolute atomic E-state index is 0.0286. The van der Waals surface area contributed by atoms with Crippen LogP contribution in [-0.4, -0.2) is 185 Å². The molecular formula is C73H120N6O15. The average molecular weight is 1320 g/mol. The maximum Gasteiger partial charge on any atom is 0.326 e. The third kappa shape index (κ3) is 25.6. The molecule has 2 saturated heterocycles. The smallest absolute Gasteiger partial charge is 0.326 e. The number of likely N-dealkylation sites (N-methyl/N-ethyl adjacent to an activating group) is 2. The summed E-state index contributed by atoms with van der Waals surface area (Å²) in [5.74, 6) is -9.58. The molecule has 3 rings (SSSR count). The second-order valence-corrected chi connectivity index (χ2v) is 30.3. The number of likely N-dealkylation sites (tertiary alicyclic amines) is 2. The fraction of sp³-hybridized carbons (Fsp3) is 0.767. The van der Waals surface area contributed by atoms with Crippen LogP contribution in [0.4, 0.5) is 0 Å². The van der Waals surface area contributed by atoms with E-state index in [9.17, 15) is 63.0 Å². The van der Waals surface area contributed by atoms with Gasteiger partial charge < -0.3 is 40.1 Å². The molecule has 2 aliphatic rings. The monoisotopic (exact) mass is 1320 g/mol. The van der Waals surface area contributed by atoms with Gasteiger partial charge in [0.1, 0.15) is 17.6 Å². The molecule has 0 aliphatic carbocycles. The summed E-state index contributed by atoms with van der Waals surface area (Å²) in [6, 6.07) is 6.15. The van der Waals surface area contributed by atoms with Crippen LogP contribution in [0.1, 0.15) is 205 Å². The van der Waals surface area contributed by atoms with E-state index in [1.165, 1.54) is 14.2 Å². The normalized spacial score (nSPS) is 19.0. The number of carboxylic acid groups (broad SMARTS) is 2. The molecule has 2 aliphatic heterocycles. The summed E-state index contributed by atoms with van der Waals surface area (Å²) in [6.07, 6.45) is 1.35. The summed E-state index contributed by atoms with van der Waals surface area (Å²) in [5, 5.41) is 25.1. The van der Waals surface area contributed by atoms with E-state index in [-0.39, 0.29) is 135 Å². The number of amides is 6. The van der Waals surface area contributed by atoms with Crippen LogP contribution >= 0.6 is 0 Å². The summed E-state index contributed by atoms with van der Waals surface area (Å²) in [5.41, 5.74) is 0.526. The summed E-state index contributed by atoms with van der Waals surface area (Å²) >= 11 is 0. The van der Waals surface area contributed by atoms with E-state index in [1.54, 1.807) is 35.9 Å². The van der Waals surface area contributed by atoms with Gasteiger partial charge in [0.2, 0.25) is 35.4 Å². The van der Waals surface area contributed by atoms with Crippen LogP contribution in [0.2, 0.25) is 0 Å². The lowest BCUT2D eigenvalue weighted by atomic mass is 9.80. The topological polar surface area (TPSA) is 284 Å². The van der Waals surface area contributed by atoms with Crippen LogP contribution in [0.15, 0.2) is 30.3 Å². The third-order valence-corrected chi connectivity index (χ3v) is 19.7. The molecule has 0 bridgehead atoms. The molecule has 1 aromatic rings. The van der Waals surface area contributed by atoms with Crippen LogP contribution in [0.3, 0.4) is 0 Å². The Labute approximate surface area is 562 Å². The quantitative estimate of drug-likeness (QED) is 0.0350. The number of ketones is 3. The van der Waals surface area contributed by atoms with E-state index >= 15 is 0 Å². The summed E-state index contributed by atoms with van der Waals surface area (Å²) in [6.45, 7) is 29.7. The van der Waals surface area contributed by atoms with Gasteiger partial charge in [-0.15, -0.1) is 0 Å². The lowest BCUT2D eigenvalue weighted by Gasteiger charge is -2.41. The second kappa shape index (κ2) is 38.7. The Kier molecular flexibility index (Phi) is 33.9. The Bertz CT molecular complexity index is 2670. The molecule has 94 heavy (non-hydrogen) atoms. The van der Waals surface area contributed by atoms with Crippen molar-refractivity contribution in [2.24, 2.45) is 64.1 Å². The number of nitrogens with one attached hydrogen (secondary N) is 2. The minimum Gasteiger partial charge on any atom is -0.481 e. The zero-order chi connectivity index (χ0) is 71.1. The number of hydrogen-bond donors (Lipinski definition) is 4. The van der Waals surface area contributed by atoms with Gasteiger partial charge in [0.25, 0.3) is 0 Å². The molecule has 0 saturated carbocycles. The molecule has 2 fully saturated rings. The van der Waals surface area contributed by atoms with E-state index in [1.807, 2.05) is 73.7 Å². The molecule has 2 heterocycles. The van der Waals surface area contributed by atoms with Crippen molar-refractivity contribution in [3.63, 3.8) is 0 Å². The molecule has 1 aromatic carbocycles. The van der Waals surface area contributed by atoms with Gasteiger partial charge in [-0.1, -0.05) is 134 Å². The van der Waals surface area contributed by atoms with Crippen molar-refractivity contribution in [3.05, 3.63) is 35.9 Å². The Morgan fingerprint density at radius 2 is 1.39 bits per heavy atom. The first-order valence-corrected chi connectivity index (χ1v) is 34.7. The SMILES string of the molecule is CC[C@H](C)[C@@H]([C@@H](CC(=O)N1CCC[C@H]1[C@H](OC)[C@@H](C)C(=O)C[C@@H](Cc1ccccc1)C(=O)C[C@@H](CCC(=O)O)C(=O)N[C@@H](CCCCNC(=O)CCN1C(=O)CC(C(C)(C)C)C1=O)C(=O)O)OC)N(C)C(=O)[C@@H](CC(=O)[C@H](C(C)C)N(C)CCC(C)CC(C)(C)C)C(C)C. The van der Waals surface area contributed by atoms with E-state index in [4.69, 9.17) is 9.47 Å². The number of imide groups is 1. The first-order chi connectivity index (χ1) is 43.9. The number of nitrogens with zero attached hydrogens (tertiary/aromatic N) is 4. The third-order valence-electron chi connectivity index (χ3n) is 19.7. The first kappa shape index (κ1) is 82.3. The number of ether oxygens (including phenoxy) is 2. The summed E-state index contributed by atoms with van der Waals surface area (Å²) in [7, 11) is 6.77. The molecule has 21 nitrogen and oxygen atoms in total. The van der Waals surface area contributed by atoms with Crippen LogP contribution < -0.4 is 10.6 Å². The largest absolute Gasteiger partial charge is 0.481 e. The number of aliphatic carboxylic acids is 2. The molecule has 13 atom stereocenters. The van der Waals surface area contributed by atoms with Crippen LogP contribution in [0.5, 0.6) is 0 Å². The van der Waals surface area contributed by atoms with Gasteiger partial charge in [-0.25, -0.2) is 4.79 Å². The number of carbonyl (C=O) groups is 11. The van der Waals surface area contributed by atoms with E-state index in [0.29, 0.717) is 38.1 Å². The summed E-state index contributed by atoms with van der Waals surface area (Å²) in [4.78, 5) is 157. The Balaban J connectivity index is 1.77.